The molecule has 3 nitrogen and oxygen atoms in total. The van der Waals surface area contributed by atoms with Gasteiger partial charge in [-0.1, -0.05) is 6.07 Å². The molecule has 0 amide bonds. The highest BCUT2D eigenvalue weighted by molar-refractivity contribution is 7.80. The molecule has 84 valence electrons. The van der Waals surface area contributed by atoms with E-state index in [2.05, 4.69) is 17.4 Å². The smallest absolute Gasteiger partial charge is 0.310 e. The number of methoxy groups -OCH3 is 1. The number of thiol groups is 1. The van der Waals surface area contributed by atoms with E-state index < -0.39 is 0 Å². The summed E-state index contributed by atoms with van der Waals surface area (Å²) in [6.07, 6.45) is 0.0920. The van der Waals surface area contributed by atoms with Crippen LogP contribution in [0, 0.1) is 11.3 Å². The van der Waals surface area contributed by atoms with E-state index in [1.165, 1.54) is 7.11 Å². The normalized spacial score (nSPS) is 9.62. The summed E-state index contributed by atoms with van der Waals surface area (Å²) in [7, 11) is 1.32. The molecule has 0 fully saturated rings. The molecule has 0 saturated heterocycles. The van der Waals surface area contributed by atoms with E-state index >= 15 is 0 Å². The Kier molecular flexibility index (Phi) is 4.66. The summed E-state index contributed by atoms with van der Waals surface area (Å²) in [4.78, 5) is 11.7. The van der Waals surface area contributed by atoms with Gasteiger partial charge in [-0.25, -0.2) is 0 Å². The lowest BCUT2D eigenvalue weighted by Gasteiger charge is -2.07. The number of nitriles is 1. The fourth-order valence-electron chi connectivity index (χ4n) is 1.29. The third kappa shape index (κ3) is 2.91. The van der Waals surface area contributed by atoms with Crippen molar-refractivity contribution in [1.29, 1.82) is 5.26 Å². The number of rotatable bonds is 3. The van der Waals surface area contributed by atoms with Crippen molar-refractivity contribution in [2.24, 2.45) is 0 Å². The molecule has 0 aliphatic rings. The Morgan fingerprint density at radius 3 is 2.81 bits per heavy atom. The molecule has 0 spiro atoms. The molecule has 0 aromatic heterocycles. The van der Waals surface area contributed by atoms with Gasteiger partial charge in [-0.05, 0) is 17.2 Å². The van der Waals surface area contributed by atoms with Gasteiger partial charge >= 0.3 is 5.97 Å². The maximum Gasteiger partial charge on any atom is 0.310 e. The van der Waals surface area contributed by atoms with E-state index in [4.69, 9.17) is 16.9 Å². The van der Waals surface area contributed by atoms with E-state index in [0.29, 0.717) is 16.0 Å². The second kappa shape index (κ2) is 5.78. The monoisotopic (exact) mass is 255 g/mol. The van der Waals surface area contributed by atoms with E-state index in [1.807, 2.05) is 6.07 Å². The van der Waals surface area contributed by atoms with Crippen LogP contribution in [0.2, 0.25) is 0 Å². The summed E-state index contributed by atoms with van der Waals surface area (Å²) in [5.74, 6) is -0.0809. The van der Waals surface area contributed by atoms with Crippen LogP contribution in [0.3, 0.4) is 0 Å². The average Bonchev–Trinajstić information content (AvgIpc) is 2.31. The standard InChI is InChI=1S/C11H10ClNO2S/c1-15-10(14)4-8-2-7(5-12)3-9(6-13)11(8)16/h2-3,16H,4-5H2,1H3. The molecule has 1 rings (SSSR count). The summed E-state index contributed by atoms with van der Waals surface area (Å²) in [6, 6.07) is 5.43. The molecular formula is C11H10ClNO2S. The zero-order valence-corrected chi connectivity index (χ0v) is 10.3. The molecule has 0 aliphatic heterocycles. The van der Waals surface area contributed by atoms with Crippen LogP contribution in [0.4, 0.5) is 0 Å². The van der Waals surface area contributed by atoms with Gasteiger partial charge in [0.25, 0.3) is 0 Å². The van der Waals surface area contributed by atoms with Crippen molar-refractivity contribution < 1.29 is 9.53 Å². The maximum absolute atomic E-state index is 11.2. The molecule has 0 heterocycles. The summed E-state index contributed by atoms with van der Waals surface area (Å²) >= 11 is 9.92. The number of ether oxygens (including phenoxy) is 1. The number of nitrogens with zero attached hydrogens (tertiary/aromatic N) is 1. The molecule has 1 aromatic carbocycles. The minimum absolute atomic E-state index is 0.0920. The molecule has 0 N–H and O–H groups in total. The molecule has 5 heteroatoms. The molecule has 0 radical (unpaired) electrons. The maximum atomic E-state index is 11.2. The Hall–Kier alpha value is -1.18. The fourth-order valence-corrected chi connectivity index (χ4v) is 1.70. The van der Waals surface area contributed by atoms with Gasteiger partial charge in [0.2, 0.25) is 0 Å². The quantitative estimate of drug-likeness (QED) is 0.512. The van der Waals surface area contributed by atoms with Gasteiger partial charge in [-0.15, -0.1) is 24.2 Å². The third-order valence-electron chi connectivity index (χ3n) is 2.09. The zero-order chi connectivity index (χ0) is 12.1. The van der Waals surface area contributed by atoms with Crippen molar-refractivity contribution in [3.8, 4) is 6.07 Å². The highest BCUT2D eigenvalue weighted by Gasteiger charge is 2.11. The van der Waals surface area contributed by atoms with Gasteiger partial charge < -0.3 is 4.74 Å². The second-order valence-electron chi connectivity index (χ2n) is 3.15. The van der Waals surface area contributed by atoms with Crippen molar-refractivity contribution in [1.82, 2.24) is 0 Å². The fraction of sp³-hybridized carbons (Fsp3) is 0.273. The summed E-state index contributed by atoms with van der Waals surface area (Å²) in [5, 5.41) is 8.90. The van der Waals surface area contributed by atoms with Gasteiger partial charge in [0.05, 0.1) is 19.1 Å². The number of alkyl halides is 1. The number of carbonyl (C=O) groups excluding carboxylic acids is 1. The van der Waals surface area contributed by atoms with Crippen LogP contribution in [0.25, 0.3) is 0 Å². The highest BCUT2D eigenvalue weighted by Crippen LogP contribution is 2.23. The van der Waals surface area contributed by atoms with Gasteiger partial charge in [0.1, 0.15) is 6.07 Å². The minimum Gasteiger partial charge on any atom is -0.469 e. The van der Waals surface area contributed by atoms with Crippen molar-refractivity contribution in [2.45, 2.75) is 17.2 Å². The molecule has 16 heavy (non-hydrogen) atoms. The Morgan fingerprint density at radius 2 is 2.31 bits per heavy atom. The average molecular weight is 256 g/mol. The molecule has 0 aliphatic carbocycles. The van der Waals surface area contributed by atoms with Crippen LogP contribution < -0.4 is 0 Å². The zero-order valence-electron chi connectivity index (χ0n) is 8.66. The number of carbonyl (C=O) groups is 1. The predicted molar refractivity (Wildman–Crippen MR) is 63.7 cm³/mol. The van der Waals surface area contributed by atoms with Crippen LogP contribution in [0.1, 0.15) is 16.7 Å². The number of benzene rings is 1. The third-order valence-corrected chi connectivity index (χ3v) is 2.92. The predicted octanol–water partition coefficient (Wildman–Crippen LogP) is 2.30. The van der Waals surface area contributed by atoms with Crippen molar-refractivity contribution >= 4 is 30.2 Å². The van der Waals surface area contributed by atoms with Crippen molar-refractivity contribution in [3.63, 3.8) is 0 Å². The van der Waals surface area contributed by atoms with Crippen LogP contribution in [-0.4, -0.2) is 13.1 Å². The van der Waals surface area contributed by atoms with E-state index in [9.17, 15) is 4.79 Å². The molecule has 1 aromatic rings. The molecular weight excluding hydrogens is 246 g/mol. The van der Waals surface area contributed by atoms with Gasteiger partial charge in [-0.2, -0.15) is 5.26 Å². The lowest BCUT2D eigenvalue weighted by Crippen LogP contribution is -2.06. The molecule has 0 bridgehead atoms. The minimum atomic E-state index is -0.370. The van der Waals surface area contributed by atoms with Crippen molar-refractivity contribution in [2.75, 3.05) is 7.11 Å². The van der Waals surface area contributed by atoms with Crippen LogP contribution in [0.5, 0.6) is 0 Å². The number of halogens is 1. The summed E-state index contributed by atoms with van der Waals surface area (Å²) < 4.78 is 4.57. The second-order valence-corrected chi connectivity index (χ2v) is 3.86. The highest BCUT2D eigenvalue weighted by atomic mass is 35.5. The first-order valence-corrected chi connectivity index (χ1v) is 5.48. The Morgan fingerprint density at radius 1 is 1.62 bits per heavy atom. The van der Waals surface area contributed by atoms with Gasteiger partial charge in [0, 0.05) is 10.8 Å². The lowest BCUT2D eigenvalue weighted by molar-refractivity contribution is -0.139. The van der Waals surface area contributed by atoms with Crippen molar-refractivity contribution in [3.05, 3.63) is 28.8 Å². The Balaban J connectivity index is 3.17. The Labute approximate surface area is 104 Å². The Bertz CT molecular complexity index is 454. The van der Waals surface area contributed by atoms with Crippen LogP contribution in [-0.2, 0) is 21.8 Å². The van der Waals surface area contributed by atoms with Gasteiger partial charge in [-0.3, -0.25) is 4.79 Å². The van der Waals surface area contributed by atoms with E-state index in [-0.39, 0.29) is 18.3 Å². The van der Waals surface area contributed by atoms with E-state index in [1.54, 1.807) is 12.1 Å². The largest absolute Gasteiger partial charge is 0.469 e. The molecule has 0 saturated carbocycles. The summed E-state index contributed by atoms with van der Waals surface area (Å²) in [5.41, 5.74) is 1.86. The lowest BCUT2D eigenvalue weighted by atomic mass is 10.0. The summed E-state index contributed by atoms with van der Waals surface area (Å²) in [6.45, 7) is 0. The number of hydrogen-bond donors (Lipinski definition) is 1. The molecule has 0 unspecified atom stereocenters. The topological polar surface area (TPSA) is 50.1 Å². The first-order chi connectivity index (χ1) is 7.62. The number of hydrogen-bond acceptors (Lipinski definition) is 4. The molecule has 0 atom stereocenters. The SMILES string of the molecule is COC(=O)Cc1cc(CCl)cc(C#N)c1S. The van der Waals surface area contributed by atoms with Gasteiger partial charge in [0.15, 0.2) is 0 Å². The first kappa shape index (κ1) is 12.9. The first-order valence-electron chi connectivity index (χ1n) is 4.50. The van der Waals surface area contributed by atoms with Crippen LogP contribution in [0.15, 0.2) is 17.0 Å². The van der Waals surface area contributed by atoms with E-state index in [0.717, 1.165) is 5.56 Å². The number of esters is 1. The van der Waals surface area contributed by atoms with Crippen LogP contribution >= 0.6 is 24.2 Å².